The van der Waals surface area contributed by atoms with Crippen LogP contribution >= 0.6 is 27.7 Å². The van der Waals surface area contributed by atoms with Crippen LogP contribution in [0.1, 0.15) is 16.9 Å². The molecule has 2 heterocycles. The molecule has 144 valence electrons. The summed E-state index contributed by atoms with van der Waals surface area (Å²) in [6.07, 6.45) is 5.11. The third-order valence-electron chi connectivity index (χ3n) is 4.08. The molecule has 4 rings (SSSR count). The van der Waals surface area contributed by atoms with Crippen LogP contribution in [-0.2, 0) is 11.3 Å². The molecule has 0 aliphatic carbocycles. The highest BCUT2D eigenvalue weighted by Crippen LogP contribution is 2.33. The molecule has 7 heteroatoms. The number of halogens is 1. The zero-order valence-electron chi connectivity index (χ0n) is 15.2. The molecule has 1 aliphatic heterocycles. The number of carbonyl (C=O) groups is 1. The first-order valence-corrected chi connectivity index (χ1v) is 10.5. The topological polar surface area (TPSA) is 58.2 Å². The molecule has 0 bridgehead atoms. The van der Waals surface area contributed by atoms with Gasteiger partial charge in [-0.05, 0) is 53.2 Å². The summed E-state index contributed by atoms with van der Waals surface area (Å²) in [7, 11) is 0. The lowest BCUT2D eigenvalue weighted by Gasteiger charge is -2.12. The SMILES string of the molecule is O=C1/C(=C/c2ccccc2)S/C(=N\N=C\c2cccc(Br)c2)N1Cc1ccco1. The van der Waals surface area contributed by atoms with Gasteiger partial charge in [0.25, 0.3) is 5.91 Å². The summed E-state index contributed by atoms with van der Waals surface area (Å²) < 4.78 is 6.38. The van der Waals surface area contributed by atoms with Gasteiger partial charge in [-0.25, -0.2) is 0 Å². The Hall–Kier alpha value is -2.90. The molecule has 0 spiro atoms. The van der Waals surface area contributed by atoms with Crippen molar-refractivity contribution in [2.24, 2.45) is 10.2 Å². The zero-order chi connectivity index (χ0) is 20.1. The zero-order valence-corrected chi connectivity index (χ0v) is 17.6. The van der Waals surface area contributed by atoms with Gasteiger partial charge in [0.1, 0.15) is 5.76 Å². The monoisotopic (exact) mass is 465 g/mol. The van der Waals surface area contributed by atoms with Crippen molar-refractivity contribution < 1.29 is 9.21 Å². The van der Waals surface area contributed by atoms with Gasteiger partial charge in [-0.15, -0.1) is 5.10 Å². The fraction of sp³-hybridized carbons (Fsp3) is 0.0455. The van der Waals surface area contributed by atoms with Gasteiger partial charge in [0.15, 0.2) is 5.17 Å². The van der Waals surface area contributed by atoms with Crippen LogP contribution in [0.5, 0.6) is 0 Å². The normalized spacial score (nSPS) is 17.1. The fourth-order valence-electron chi connectivity index (χ4n) is 2.71. The van der Waals surface area contributed by atoms with E-state index in [9.17, 15) is 4.79 Å². The van der Waals surface area contributed by atoms with Crippen molar-refractivity contribution in [2.75, 3.05) is 0 Å². The number of rotatable bonds is 5. The molecule has 1 aliphatic rings. The van der Waals surface area contributed by atoms with E-state index in [0.717, 1.165) is 15.6 Å². The second kappa shape index (κ2) is 9.07. The Labute approximate surface area is 181 Å². The quantitative estimate of drug-likeness (QED) is 0.282. The maximum atomic E-state index is 13.0. The third-order valence-corrected chi connectivity index (χ3v) is 5.57. The molecule has 0 saturated carbocycles. The first-order chi connectivity index (χ1) is 14.2. The van der Waals surface area contributed by atoms with Crippen molar-refractivity contribution in [3.8, 4) is 0 Å². The van der Waals surface area contributed by atoms with Crippen LogP contribution in [0.15, 0.2) is 97.0 Å². The van der Waals surface area contributed by atoms with Crippen molar-refractivity contribution in [1.29, 1.82) is 0 Å². The number of carbonyl (C=O) groups excluding carboxylic acids is 1. The number of thioether (sulfide) groups is 1. The van der Waals surface area contributed by atoms with Gasteiger partial charge >= 0.3 is 0 Å². The molecule has 0 atom stereocenters. The molecule has 1 fully saturated rings. The van der Waals surface area contributed by atoms with Crippen LogP contribution in [0.2, 0.25) is 0 Å². The van der Waals surface area contributed by atoms with Crippen LogP contribution in [0, 0.1) is 0 Å². The molecule has 1 amide bonds. The van der Waals surface area contributed by atoms with E-state index in [1.54, 1.807) is 23.4 Å². The highest BCUT2D eigenvalue weighted by molar-refractivity contribution is 9.10. The van der Waals surface area contributed by atoms with E-state index >= 15 is 0 Å². The molecule has 0 N–H and O–H groups in total. The van der Waals surface area contributed by atoms with Crippen molar-refractivity contribution in [3.63, 3.8) is 0 Å². The van der Waals surface area contributed by atoms with Crippen molar-refractivity contribution in [3.05, 3.63) is 99.3 Å². The smallest absolute Gasteiger partial charge is 0.267 e. The number of nitrogens with zero attached hydrogens (tertiary/aromatic N) is 3. The lowest BCUT2D eigenvalue weighted by Crippen LogP contribution is -2.28. The van der Waals surface area contributed by atoms with Crippen LogP contribution in [0.3, 0.4) is 0 Å². The standard InChI is InChI=1S/C22H16BrN3O2S/c23-18-9-4-8-17(12-18)14-24-25-22-26(15-19-10-5-11-28-19)21(27)20(29-22)13-16-6-2-1-3-7-16/h1-14H,15H2/b20-13-,24-14+,25-22-. The van der Waals surface area contributed by atoms with Crippen LogP contribution < -0.4 is 0 Å². The lowest BCUT2D eigenvalue weighted by atomic mass is 10.2. The maximum absolute atomic E-state index is 13.0. The predicted molar refractivity (Wildman–Crippen MR) is 120 cm³/mol. The molecule has 2 aromatic carbocycles. The predicted octanol–water partition coefficient (Wildman–Crippen LogP) is 5.55. The van der Waals surface area contributed by atoms with Gasteiger partial charge in [0.05, 0.1) is 23.9 Å². The average molecular weight is 466 g/mol. The van der Waals surface area contributed by atoms with Crippen LogP contribution in [-0.4, -0.2) is 22.2 Å². The Kier molecular flexibility index (Phi) is 6.07. The third kappa shape index (κ3) is 4.93. The molecule has 5 nitrogen and oxygen atoms in total. The van der Waals surface area contributed by atoms with E-state index < -0.39 is 0 Å². The summed E-state index contributed by atoms with van der Waals surface area (Å²) in [6, 6.07) is 21.1. The minimum absolute atomic E-state index is 0.119. The molecular weight excluding hydrogens is 450 g/mol. The van der Waals surface area contributed by atoms with E-state index in [0.29, 0.717) is 22.4 Å². The first-order valence-electron chi connectivity index (χ1n) is 8.84. The maximum Gasteiger partial charge on any atom is 0.267 e. The minimum atomic E-state index is -0.119. The van der Waals surface area contributed by atoms with Gasteiger partial charge in [0, 0.05) is 4.47 Å². The van der Waals surface area contributed by atoms with E-state index in [2.05, 4.69) is 26.1 Å². The second-order valence-electron chi connectivity index (χ2n) is 6.17. The Balaban J connectivity index is 1.61. The number of furan rings is 1. The first kappa shape index (κ1) is 19.4. The average Bonchev–Trinajstić information content (AvgIpc) is 3.33. The number of benzene rings is 2. The number of hydrogen-bond donors (Lipinski definition) is 0. The lowest BCUT2D eigenvalue weighted by molar-refractivity contribution is -0.122. The molecular formula is C22H16BrN3O2S. The minimum Gasteiger partial charge on any atom is -0.467 e. The van der Waals surface area contributed by atoms with Gasteiger partial charge in [-0.3, -0.25) is 9.69 Å². The fourth-order valence-corrected chi connectivity index (χ4v) is 4.06. The van der Waals surface area contributed by atoms with Gasteiger partial charge in [0.2, 0.25) is 0 Å². The Bertz CT molecular complexity index is 1090. The summed E-state index contributed by atoms with van der Waals surface area (Å²) in [5.74, 6) is 0.565. The second-order valence-corrected chi connectivity index (χ2v) is 8.10. The van der Waals surface area contributed by atoms with Crippen LogP contribution in [0.25, 0.3) is 6.08 Å². The Morgan fingerprint density at radius 1 is 1.03 bits per heavy atom. The molecule has 3 aromatic rings. The number of amidine groups is 1. The van der Waals surface area contributed by atoms with Gasteiger partial charge in [-0.2, -0.15) is 5.10 Å². The van der Waals surface area contributed by atoms with Crippen LogP contribution in [0.4, 0.5) is 0 Å². The van der Waals surface area contributed by atoms with Gasteiger partial charge < -0.3 is 4.42 Å². The summed E-state index contributed by atoms with van der Waals surface area (Å²) in [5.41, 5.74) is 1.87. The van der Waals surface area contributed by atoms with E-state index in [1.165, 1.54) is 11.8 Å². The van der Waals surface area contributed by atoms with E-state index in [4.69, 9.17) is 4.42 Å². The molecule has 0 radical (unpaired) electrons. The highest BCUT2D eigenvalue weighted by Gasteiger charge is 2.34. The largest absolute Gasteiger partial charge is 0.467 e. The molecule has 1 saturated heterocycles. The Morgan fingerprint density at radius 3 is 2.62 bits per heavy atom. The van der Waals surface area contributed by atoms with Crippen molar-refractivity contribution in [2.45, 2.75) is 6.54 Å². The Morgan fingerprint density at radius 2 is 1.86 bits per heavy atom. The molecule has 0 unspecified atom stereocenters. The van der Waals surface area contributed by atoms with Gasteiger partial charge in [-0.1, -0.05) is 58.4 Å². The molecule has 1 aromatic heterocycles. The summed E-state index contributed by atoms with van der Waals surface area (Å²) in [5, 5.41) is 9.01. The van der Waals surface area contributed by atoms with E-state index in [-0.39, 0.29) is 5.91 Å². The van der Waals surface area contributed by atoms with Crippen molar-refractivity contribution >= 4 is 51.1 Å². The summed E-state index contributed by atoms with van der Waals surface area (Å²) >= 11 is 4.74. The number of hydrogen-bond acceptors (Lipinski definition) is 5. The molecule has 29 heavy (non-hydrogen) atoms. The van der Waals surface area contributed by atoms with E-state index in [1.807, 2.05) is 66.7 Å². The number of amides is 1. The van der Waals surface area contributed by atoms with Crippen molar-refractivity contribution in [1.82, 2.24) is 4.90 Å². The summed E-state index contributed by atoms with van der Waals surface area (Å²) in [4.78, 5) is 15.2. The summed E-state index contributed by atoms with van der Waals surface area (Å²) in [6.45, 7) is 0.302. The highest BCUT2D eigenvalue weighted by atomic mass is 79.9.